The molecule has 2 aromatic rings. The molecular weight excluding hydrogens is 353 g/mol. The van der Waals surface area contributed by atoms with Crippen molar-refractivity contribution in [2.45, 2.75) is 0 Å². The number of benzene rings is 2. The highest BCUT2D eigenvalue weighted by Crippen LogP contribution is 2.13. The average Bonchev–Trinajstić information content (AvgIpc) is 2.68. The molecule has 1 heterocycles. The predicted octanol–water partition coefficient (Wildman–Crippen LogP) is 2.51. The third-order valence-corrected chi connectivity index (χ3v) is 4.31. The van der Waals surface area contributed by atoms with Gasteiger partial charge in [0.15, 0.2) is 0 Å². The Labute approximate surface area is 155 Å². The fourth-order valence-corrected chi connectivity index (χ4v) is 2.82. The van der Waals surface area contributed by atoms with Crippen LogP contribution in [0.4, 0.5) is 14.9 Å². The first-order valence-electron chi connectivity index (χ1n) is 8.38. The Morgan fingerprint density at radius 2 is 1.52 bits per heavy atom. The second-order valence-corrected chi connectivity index (χ2v) is 6.10. The zero-order valence-corrected chi connectivity index (χ0v) is 14.4. The third-order valence-electron chi connectivity index (χ3n) is 4.31. The van der Waals surface area contributed by atoms with E-state index in [4.69, 9.17) is 5.11 Å². The standard InChI is InChI=1S/C19H18FN3O4/c20-15-3-1-2-14(12-15)17(24)22-8-10-23(11-9-22)19(27)21-16-6-4-13(5-7-16)18(25)26/h1-7,12H,8-11H2,(H,21,27)(H,25,26). The molecule has 0 aromatic heterocycles. The van der Waals surface area contributed by atoms with Gasteiger partial charge in [0.25, 0.3) is 5.91 Å². The number of halogens is 1. The second-order valence-electron chi connectivity index (χ2n) is 6.10. The van der Waals surface area contributed by atoms with E-state index in [2.05, 4.69) is 5.32 Å². The molecule has 0 spiro atoms. The van der Waals surface area contributed by atoms with Gasteiger partial charge >= 0.3 is 12.0 Å². The predicted molar refractivity (Wildman–Crippen MR) is 96.3 cm³/mol. The summed E-state index contributed by atoms with van der Waals surface area (Å²) in [6, 6.07) is 11.1. The number of carboxylic acids is 1. The van der Waals surface area contributed by atoms with E-state index in [9.17, 15) is 18.8 Å². The van der Waals surface area contributed by atoms with Gasteiger partial charge in [-0.25, -0.2) is 14.0 Å². The van der Waals surface area contributed by atoms with Gasteiger partial charge in [-0.15, -0.1) is 0 Å². The number of hydrogen-bond donors (Lipinski definition) is 2. The zero-order chi connectivity index (χ0) is 19.4. The number of aromatic carboxylic acids is 1. The summed E-state index contributed by atoms with van der Waals surface area (Å²) < 4.78 is 13.3. The Bertz CT molecular complexity index is 862. The SMILES string of the molecule is O=C(O)c1ccc(NC(=O)N2CCN(C(=O)c3cccc(F)c3)CC2)cc1. The maximum Gasteiger partial charge on any atom is 0.335 e. The van der Waals surface area contributed by atoms with E-state index >= 15 is 0 Å². The Kier molecular flexibility index (Phi) is 5.35. The molecule has 0 saturated carbocycles. The molecule has 0 atom stereocenters. The van der Waals surface area contributed by atoms with E-state index in [0.717, 1.165) is 0 Å². The van der Waals surface area contributed by atoms with Crippen LogP contribution in [0.1, 0.15) is 20.7 Å². The lowest BCUT2D eigenvalue weighted by atomic mass is 10.2. The minimum Gasteiger partial charge on any atom is -0.478 e. The molecule has 1 aliphatic heterocycles. The minimum absolute atomic E-state index is 0.137. The summed E-state index contributed by atoms with van der Waals surface area (Å²) in [5.41, 5.74) is 0.909. The maximum atomic E-state index is 13.3. The summed E-state index contributed by atoms with van der Waals surface area (Å²) in [6.07, 6.45) is 0. The van der Waals surface area contributed by atoms with E-state index in [1.165, 1.54) is 42.5 Å². The summed E-state index contributed by atoms with van der Waals surface area (Å²) in [5.74, 6) is -1.77. The largest absolute Gasteiger partial charge is 0.478 e. The van der Waals surface area contributed by atoms with Gasteiger partial charge in [-0.2, -0.15) is 0 Å². The van der Waals surface area contributed by atoms with Crippen LogP contribution in [0.25, 0.3) is 0 Å². The molecular formula is C19H18FN3O4. The van der Waals surface area contributed by atoms with Gasteiger partial charge < -0.3 is 20.2 Å². The van der Waals surface area contributed by atoms with Crippen LogP contribution in [0, 0.1) is 5.82 Å². The van der Waals surface area contributed by atoms with Crippen molar-refractivity contribution in [1.82, 2.24) is 9.80 Å². The highest BCUT2D eigenvalue weighted by molar-refractivity contribution is 5.95. The van der Waals surface area contributed by atoms with Gasteiger partial charge in [0.1, 0.15) is 5.82 Å². The van der Waals surface area contributed by atoms with E-state index in [1.54, 1.807) is 15.9 Å². The Hall–Kier alpha value is -3.42. The monoisotopic (exact) mass is 371 g/mol. The van der Waals surface area contributed by atoms with Crippen molar-refractivity contribution in [2.75, 3.05) is 31.5 Å². The lowest BCUT2D eigenvalue weighted by molar-refractivity contribution is 0.0669. The number of carbonyl (C=O) groups is 3. The lowest BCUT2D eigenvalue weighted by Crippen LogP contribution is -2.51. The number of urea groups is 1. The molecule has 1 aliphatic rings. The number of anilines is 1. The van der Waals surface area contributed by atoms with Gasteiger partial charge in [-0.3, -0.25) is 4.79 Å². The maximum absolute atomic E-state index is 13.3. The number of nitrogens with zero attached hydrogens (tertiary/aromatic N) is 2. The molecule has 8 heteroatoms. The first-order valence-corrected chi connectivity index (χ1v) is 8.38. The average molecular weight is 371 g/mol. The summed E-state index contributed by atoms with van der Waals surface area (Å²) in [6.45, 7) is 1.39. The van der Waals surface area contributed by atoms with Crippen LogP contribution in [0.3, 0.4) is 0 Å². The number of rotatable bonds is 3. The fraction of sp³-hybridized carbons (Fsp3) is 0.211. The summed E-state index contributed by atoms with van der Waals surface area (Å²) >= 11 is 0. The van der Waals surface area contributed by atoms with Crippen molar-refractivity contribution in [3.8, 4) is 0 Å². The van der Waals surface area contributed by atoms with Crippen molar-refractivity contribution in [3.05, 3.63) is 65.5 Å². The number of amides is 3. The zero-order valence-electron chi connectivity index (χ0n) is 14.4. The van der Waals surface area contributed by atoms with Gasteiger partial charge in [-0.05, 0) is 42.5 Å². The number of carbonyl (C=O) groups excluding carboxylic acids is 2. The van der Waals surface area contributed by atoms with Crippen molar-refractivity contribution < 1.29 is 23.9 Å². The fourth-order valence-electron chi connectivity index (χ4n) is 2.82. The Balaban J connectivity index is 1.54. The quantitative estimate of drug-likeness (QED) is 0.868. The summed E-state index contributed by atoms with van der Waals surface area (Å²) in [4.78, 5) is 38.7. The smallest absolute Gasteiger partial charge is 0.335 e. The number of carboxylic acid groups (broad SMARTS) is 1. The molecule has 2 aromatic carbocycles. The van der Waals surface area contributed by atoms with Gasteiger partial charge in [0.2, 0.25) is 0 Å². The molecule has 140 valence electrons. The first kappa shape index (κ1) is 18.4. The van der Waals surface area contributed by atoms with Crippen LogP contribution in [0.5, 0.6) is 0 Å². The van der Waals surface area contributed by atoms with E-state index < -0.39 is 11.8 Å². The topological polar surface area (TPSA) is 89.9 Å². The first-order chi connectivity index (χ1) is 12.9. The molecule has 0 radical (unpaired) electrons. The summed E-state index contributed by atoms with van der Waals surface area (Å²) in [7, 11) is 0. The van der Waals surface area contributed by atoms with Crippen LogP contribution in [-0.4, -0.2) is 59.0 Å². The second kappa shape index (κ2) is 7.86. The molecule has 3 amide bonds. The lowest BCUT2D eigenvalue weighted by Gasteiger charge is -2.34. The normalized spacial score (nSPS) is 14.0. The molecule has 0 unspecified atom stereocenters. The highest BCUT2D eigenvalue weighted by Gasteiger charge is 2.25. The molecule has 1 fully saturated rings. The van der Waals surface area contributed by atoms with Crippen LogP contribution in [-0.2, 0) is 0 Å². The van der Waals surface area contributed by atoms with Gasteiger partial charge in [0.05, 0.1) is 5.56 Å². The number of hydrogen-bond acceptors (Lipinski definition) is 3. The number of piperazine rings is 1. The molecule has 0 aliphatic carbocycles. The van der Waals surface area contributed by atoms with Crippen LogP contribution in [0.15, 0.2) is 48.5 Å². The van der Waals surface area contributed by atoms with Gasteiger partial charge in [0, 0.05) is 37.4 Å². The van der Waals surface area contributed by atoms with E-state index in [0.29, 0.717) is 31.9 Å². The van der Waals surface area contributed by atoms with E-state index in [-0.39, 0.29) is 23.1 Å². The Morgan fingerprint density at radius 1 is 0.889 bits per heavy atom. The molecule has 0 bridgehead atoms. The highest BCUT2D eigenvalue weighted by atomic mass is 19.1. The Morgan fingerprint density at radius 3 is 2.11 bits per heavy atom. The third kappa shape index (κ3) is 4.41. The van der Waals surface area contributed by atoms with Crippen LogP contribution >= 0.6 is 0 Å². The van der Waals surface area contributed by atoms with E-state index in [1.807, 2.05) is 0 Å². The van der Waals surface area contributed by atoms with Crippen LogP contribution < -0.4 is 5.32 Å². The summed E-state index contributed by atoms with van der Waals surface area (Å²) in [5, 5.41) is 11.6. The number of nitrogens with one attached hydrogen (secondary N) is 1. The molecule has 1 saturated heterocycles. The van der Waals surface area contributed by atoms with Crippen molar-refractivity contribution in [3.63, 3.8) is 0 Å². The van der Waals surface area contributed by atoms with Crippen molar-refractivity contribution in [1.29, 1.82) is 0 Å². The van der Waals surface area contributed by atoms with Gasteiger partial charge in [-0.1, -0.05) is 6.07 Å². The molecule has 27 heavy (non-hydrogen) atoms. The minimum atomic E-state index is -1.04. The molecule has 7 nitrogen and oxygen atoms in total. The molecule has 3 rings (SSSR count). The molecule has 2 N–H and O–H groups in total. The van der Waals surface area contributed by atoms with Crippen molar-refractivity contribution >= 4 is 23.6 Å². The van der Waals surface area contributed by atoms with Crippen LogP contribution in [0.2, 0.25) is 0 Å². The van der Waals surface area contributed by atoms with Crippen molar-refractivity contribution in [2.24, 2.45) is 0 Å².